The number of ether oxygens (including phenoxy) is 2. The van der Waals surface area contributed by atoms with E-state index < -0.39 is 11.6 Å². The summed E-state index contributed by atoms with van der Waals surface area (Å²) in [5.74, 6) is -0.763. The first-order valence-corrected chi connectivity index (χ1v) is 6.31. The number of rotatable bonds is 5. The summed E-state index contributed by atoms with van der Waals surface area (Å²) in [7, 11) is 0. The minimum Gasteiger partial charge on any atom is -0.505 e. The zero-order chi connectivity index (χ0) is 15.2. The molecule has 0 fully saturated rings. The average Bonchev–Trinajstić information content (AvgIpc) is 2.48. The van der Waals surface area contributed by atoms with E-state index in [1.54, 1.807) is 13.2 Å². The first-order chi connectivity index (χ1) is 10.1. The number of benzene rings is 2. The van der Waals surface area contributed by atoms with Gasteiger partial charge in [-0.1, -0.05) is 24.3 Å². The van der Waals surface area contributed by atoms with Gasteiger partial charge in [0.15, 0.2) is 11.6 Å². The molecule has 0 aromatic heterocycles. The number of nitriles is 1. The van der Waals surface area contributed by atoms with E-state index in [4.69, 9.17) is 14.7 Å². The van der Waals surface area contributed by atoms with Crippen LogP contribution in [0.15, 0.2) is 36.4 Å². The molecule has 2 aromatic carbocycles. The predicted molar refractivity (Wildman–Crippen MR) is 74.0 cm³/mol. The minimum absolute atomic E-state index is 0.166. The van der Waals surface area contributed by atoms with E-state index in [0.29, 0.717) is 11.3 Å². The summed E-state index contributed by atoms with van der Waals surface area (Å²) >= 11 is 0. The molecule has 0 heterocycles. The molecule has 0 bridgehead atoms. The molecule has 4 nitrogen and oxygen atoms in total. The van der Waals surface area contributed by atoms with Crippen LogP contribution in [0.25, 0.3) is 0 Å². The van der Waals surface area contributed by atoms with Gasteiger partial charge in [-0.15, -0.1) is 0 Å². The fourth-order valence-electron chi connectivity index (χ4n) is 1.91. The van der Waals surface area contributed by atoms with Crippen LogP contribution in [0.5, 0.6) is 11.5 Å². The molecule has 5 heteroatoms. The molecule has 0 aliphatic rings. The number of phenols is 1. The maximum atomic E-state index is 13.3. The number of nitrogens with zero attached hydrogens (tertiary/aromatic N) is 1. The summed E-state index contributed by atoms with van der Waals surface area (Å²) in [5.41, 5.74) is 2.32. The van der Waals surface area contributed by atoms with Gasteiger partial charge in [0.1, 0.15) is 19.0 Å². The Hall–Kier alpha value is -2.74. The number of aryl methyl sites for hydroxylation is 1. The fourth-order valence-corrected chi connectivity index (χ4v) is 1.91. The van der Waals surface area contributed by atoms with Crippen molar-refractivity contribution in [3.05, 3.63) is 58.9 Å². The normalized spacial score (nSPS) is 9.95. The Morgan fingerprint density at radius 3 is 2.52 bits per heavy atom. The van der Waals surface area contributed by atoms with Crippen LogP contribution >= 0.6 is 0 Å². The maximum absolute atomic E-state index is 13.3. The lowest BCUT2D eigenvalue weighted by Crippen LogP contribution is -2.02. The molecule has 0 spiro atoms. The van der Waals surface area contributed by atoms with Crippen molar-refractivity contribution in [2.24, 2.45) is 0 Å². The van der Waals surface area contributed by atoms with Gasteiger partial charge in [-0.2, -0.15) is 5.26 Å². The van der Waals surface area contributed by atoms with Gasteiger partial charge in [-0.3, -0.25) is 0 Å². The van der Waals surface area contributed by atoms with Crippen LogP contribution in [0.2, 0.25) is 0 Å². The van der Waals surface area contributed by atoms with Gasteiger partial charge in [0.05, 0.1) is 0 Å². The van der Waals surface area contributed by atoms with Gasteiger partial charge in [-0.05, 0) is 29.7 Å². The molecule has 2 rings (SSSR count). The molecule has 0 aliphatic heterocycles. The molecule has 2 aromatic rings. The van der Waals surface area contributed by atoms with E-state index in [0.717, 1.165) is 17.2 Å². The van der Waals surface area contributed by atoms with E-state index >= 15 is 0 Å². The van der Waals surface area contributed by atoms with Gasteiger partial charge in [0.2, 0.25) is 0 Å². The molecule has 108 valence electrons. The highest BCUT2D eigenvalue weighted by Crippen LogP contribution is 2.27. The zero-order valence-corrected chi connectivity index (χ0v) is 11.5. The van der Waals surface area contributed by atoms with E-state index in [-0.39, 0.29) is 13.2 Å². The van der Waals surface area contributed by atoms with Crippen molar-refractivity contribution in [1.29, 1.82) is 5.26 Å². The van der Waals surface area contributed by atoms with Crippen molar-refractivity contribution in [2.75, 3.05) is 0 Å². The topological polar surface area (TPSA) is 62.5 Å². The van der Waals surface area contributed by atoms with Crippen molar-refractivity contribution in [2.45, 2.75) is 20.1 Å². The molecule has 0 radical (unpaired) electrons. The second-order valence-electron chi connectivity index (χ2n) is 4.51. The van der Waals surface area contributed by atoms with Gasteiger partial charge in [0.25, 0.3) is 6.26 Å². The molecule has 0 saturated carbocycles. The van der Waals surface area contributed by atoms with Crippen molar-refractivity contribution >= 4 is 0 Å². The maximum Gasteiger partial charge on any atom is 0.286 e. The minimum atomic E-state index is -0.725. The summed E-state index contributed by atoms with van der Waals surface area (Å²) in [6, 6.07) is 9.83. The van der Waals surface area contributed by atoms with Crippen LogP contribution in [0.4, 0.5) is 4.39 Å². The predicted octanol–water partition coefficient (Wildman–Crippen LogP) is 3.42. The molecule has 0 amide bonds. The van der Waals surface area contributed by atoms with Crippen LogP contribution in [0.1, 0.15) is 16.7 Å². The zero-order valence-electron chi connectivity index (χ0n) is 11.5. The fraction of sp³-hybridized carbons (Fsp3) is 0.188. The molecule has 0 unspecified atom stereocenters. The standard InChI is InChI=1S/C16H14FNO3/c1-11-6-15(19)14(17)7-16(11)21-9-13-5-3-2-4-12(13)8-20-10-18/h2-7,19H,8-9H2,1H3. The summed E-state index contributed by atoms with van der Waals surface area (Å²) in [6.07, 6.45) is 1.62. The van der Waals surface area contributed by atoms with Crippen molar-refractivity contribution in [1.82, 2.24) is 0 Å². The Morgan fingerprint density at radius 2 is 1.86 bits per heavy atom. The molecule has 0 atom stereocenters. The molecular weight excluding hydrogens is 273 g/mol. The number of aromatic hydroxyl groups is 1. The molecule has 0 saturated heterocycles. The SMILES string of the molecule is Cc1cc(O)c(F)cc1OCc1ccccc1COC#N. The third kappa shape index (κ3) is 3.63. The average molecular weight is 287 g/mol. The van der Waals surface area contributed by atoms with Crippen LogP contribution in [-0.2, 0) is 18.0 Å². The summed E-state index contributed by atoms with van der Waals surface area (Å²) < 4.78 is 23.7. The largest absolute Gasteiger partial charge is 0.505 e. The molecule has 21 heavy (non-hydrogen) atoms. The van der Waals surface area contributed by atoms with E-state index in [2.05, 4.69) is 0 Å². The molecule has 1 N–H and O–H groups in total. The van der Waals surface area contributed by atoms with Gasteiger partial charge < -0.3 is 14.6 Å². The smallest absolute Gasteiger partial charge is 0.286 e. The summed E-state index contributed by atoms with van der Waals surface area (Å²) in [6.45, 7) is 2.11. The van der Waals surface area contributed by atoms with Crippen LogP contribution < -0.4 is 4.74 Å². The van der Waals surface area contributed by atoms with Gasteiger partial charge in [0, 0.05) is 6.07 Å². The highest BCUT2D eigenvalue weighted by Gasteiger charge is 2.09. The lowest BCUT2D eigenvalue weighted by molar-refractivity contribution is 0.250. The van der Waals surface area contributed by atoms with Crippen molar-refractivity contribution in [3.63, 3.8) is 0 Å². The van der Waals surface area contributed by atoms with Crippen molar-refractivity contribution < 1.29 is 19.0 Å². The lowest BCUT2D eigenvalue weighted by atomic mass is 10.1. The summed E-state index contributed by atoms with van der Waals surface area (Å²) in [5, 5.41) is 17.7. The second kappa shape index (κ2) is 6.62. The third-order valence-corrected chi connectivity index (χ3v) is 3.04. The Bertz CT molecular complexity index is 680. The first kappa shape index (κ1) is 14.7. The number of phenolic OH excluding ortho intramolecular Hbond substituents is 1. The Labute approximate surface area is 122 Å². The lowest BCUT2D eigenvalue weighted by Gasteiger charge is -2.12. The van der Waals surface area contributed by atoms with Crippen LogP contribution in [0.3, 0.4) is 0 Å². The highest BCUT2D eigenvalue weighted by molar-refractivity contribution is 5.40. The third-order valence-electron chi connectivity index (χ3n) is 3.04. The quantitative estimate of drug-likeness (QED) is 0.856. The number of hydrogen-bond donors (Lipinski definition) is 1. The van der Waals surface area contributed by atoms with E-state index in [1.807, 2.05) is 24.3 Å². The highest BCUT2D eigenvalue weighted by atomic mass is 19.1. The van der Waals surface area contributed by atoms with E-state index in [9.17, 15) is 9.50 Å². The molecule has 0 aliphatic carbocycles. The monoisotopic (exact) mass is 287 g/mol. The van der Waals surface area contributed by atoms with Crippen molar-refractivity contribution in [3.8, 4) is 17.8 Å². The Morgan fingerprint density at radius 1 is 1.19 bits per heavy atom. The van der Waals surface area contributed by atoms with Crippen LogP contribution in [0, 0.1) is 24.3 Å². The Balaban J connectivity index is 2.13. The molecular formula is C16H14FNO3. The van der Waals surface area contributed by atoms with Crippen LogP contribution in [-0.4, -0.2) is 5.11 Å². The Kier molecular flexibility index (Phi) is 4.62. The second-order valence-corrected chi connectivity index (χ2v) is 4.51. The van der Waals surface area contributed by atoms with Gasteiger partial charge in [-0.25, -0.2) is 4.39 Å². The van der Waals surface area contributed by atoms with E-state index in [1.165, 1.54) is 6.07 Å². The first-order valence-electron chi connectivity index (χ1n) is 6.31. The van der Waals surface area contributed by atoms with Gasteiger partial charge >= 0.3 is 0 Å². The number of halogens is 1. The summed E-state index contributed by atoms with van der Waals surface area (Å²) in [4.78, 5) is 0. The number of hydrogen-bond acceptors (Lipinski definition) is 4.